The lowest BCUT2D eigenvalue weighted by molar-refractivity contribution is 0.353. The van der Waals surface area contributed by atoms with E-state index in [4.69, 9.17) is 13.6 Å². The van der Waals surface area contributed by atoms with Crippen LogP contribution in [-0.2, 0) is 11.0 Å². The molecule has 1 unspecified atom stereocenters. The van der Waals surface area contributed by atoms with Crippen molar-refractivity contribution in [1.82, 2.24) is 0 Å². The van der Waals surface area contributed by atoms with Crippen molar-refractivity contribution in [2.45, 2.75) is 19.8 Å². The third kappa shape index (κ3) is 1.58. The van der Waals surface area contributed by atoms with E-state index in [0.29, 0.717) is 17.2 Å². The zero-order valence-corrected chi connectivity index (χ0v) is 11.9. The molecule has 5 heteroatoms. The Morgan fingerprint density at radius 2 is 1.70 bits per heavy atom. The number of phosphoric acid groups is 1. The second kappa shape index (κ2) is 4.03. The molecule has 20 heavy (non-hydrogen) atoms. The first-order valence-electron chi connectivity index (χ1n) is 6.64. The zero-order valence-electron chi connectivity index (χ0n) is 11.0. The van der Waals surface area contributed by atoms with Crippen molar-refractivity contribution in [2.24, 2.45) is 0 Å². The van der Waals surface area contributed by atoms with Crippen molar-refractivity contribution in [3.05, 3.63) is 42.0 Å². The van der Waals surface area contributed by atoms with Gasteiger partial charge in [-0.1, -0.05) is 43.7 Å². The van der Waals surface area contributed by atoms with Gasteiger partial charge in [-0.15, -0.1) is 0 Å². The molecule has 2 aliphatic rings. The van der Waals surface area contributed by atoms with E-state index in [9.17, 15) is 4.57 Å². The molecule has 0 aliphatic carbocycles. The highest BCUT2D eigenvalue weighted by Crippen LogP contribution is 2.71. The summed E-state index contributed by atoms with van der Waals surface area (Å²) in [5.41, 5.74) is 2.95. The molecule has 2 aliphatic heterocycles. The Bertz CT molecular complexity index is 739. The van der Waals surface area contributed by atoms with Gasteiger partial charge in [-0.2, -0.15) is 4.57 Å². The lowest BCUT2D eigenvalue weighted by Crippen LogP contribution is -2.01. The van der Waals surface area contributed by atoms with Gasteiger partial charge in [-0.25, -0.2) is 0 Å². The first-order chi connectivity index (χ1) is 9.70. The predicted octanol–water partition coefficient (Wildman–Crippen LogP) is 4.58. The van der Waals surface area contributed by atoms with Gasteiger partial charge >= 0.3 is 7.82 Å². The van der Waals surface area contributed by atoms with Crippen LogP contribution < -0.4 is 13.6 Å². The zero-order chi connectivity index (χ0) is 13.7. The Labute approximate surface area is 116 Å². The molecule has 0 saturated carbocycles. The van der Waals surface area contributed by atoms with Crippen LogP contribution >= 0.6 is 7.82 Å². The number of rotatable bonds is 3. The topological polar surface area (TPSA) is 44.8 Å². The highest BCUT2D eigenvalue weighted by Gasteiger charge is 2.52. The smallest absolute Gasteiger partial charge is 0.381 e. The van der Waals surface area contributed by atoms with Crippen LogP contribution in [0.4, 0.5) is 0 Å². The number of hydrogen-bond donors (Lipinski definition) is 0. The molecule has 4 nitrogen and oxygen atoms in total. The van der Waals surface area contributed by atoms with Crippen molar-refractivity contribution < 1.29 is 18.1 Å². The number of fused-ring (bicyclic) bond motifs is 1. The quantitative estimate of drug-likeness (QED) is 0.775. The van der Waals surface area contributed by atoms with Gasteiger partial charge in [-0.3, -0.25) is 0 Å². The number of phosphoric ester groups is 1. The Balaban J connectivity index is 1.96. The summed E-state index contributed by atoms with van der Waals surface area (Å²) in [6, 6.07) is 11.9. The van der Waals surface area contributed by atoms with E-state index in [1.54, 1.807) is 0 Å². The maximum Gasteiger partial charge on any atom is 0.647 e. The van der Waals surface area contributed by atoms with Crippen molar-refractivity contribution in [3.63, 3.8) is 0 Å². The van der Waals surface area contributed by atoms with Crippen molar-refractivity contribution >= 4 is 7.82 Å². The molecule has 2 aromatic rings. The molecule has 0 N–H and O–H groups in total. The summed E-state index contributed by atoms with van der Waals surface area (Å²) in [5.74, 6) is 1.63. The van der Waals surface area contributed by atoms with Crippen LogP contribution in [-0.4, -0.2) is 0 Å². The first-order valence-corrected chi connectivity index (χ1v) is 8.10. The molecule has 2 aromatic carbocycles. The third-order valence-electron chi connectivity index (χ3n) is 3.48. The van der Waals surface area contributed by atoms with Crippen LogP contribution in [0.25, 0.3) is 11.1 Å². The first kappa shape index (κ1) is 11.9. The Hall–Kier alpha value is -1.93. The average molecular weight is 288 g/mol. The molecule has 0 amide bonds. The van der Waals surface area contributed by atoms with E-state index in [2.05, 4.69) is 6.92 Å². The van der Waals surface area contributed by atoms with Crippen LogP contribution in [0.5, 0.6) is 17.2 Å². The molecular formula is C15H13O4P. The summed E-state index contributed by atoms with van der Waals surface area (Å²) in [4.78, 5) is 0. The largest absolute Gasteiger partial charge is 0.647 e. The molecule has 102 valence electrons. The van der Waals surface area contributed by atoms with Gasteiger partial charge in [0.25, 0.3) is 0 Å². The molecule has 4 rings (SSSR count). The fourth-order valence-corrected chi connectivity index (χ4v) is 3.96. The average Bonchev–Trinajstić information content (AvgIpc) is 2.97. The van der Waals surface area contributed by atoms with Gasteiger partial charge in [0.1, 0.15) is 0 Å². The summed E-state index contributed by atoms with van der Waals surface area (Å²) in [5, 5.41) is 0. The number of hydrogen-bond acceptors (Lipinski definition) is 4. The lowest BCUT2D eigenvalue weighted by atomic mass is 9.98. The number of benzene rings is 2. The van der Waals surface area contributed by atoms with Gasteiger partial charge in [0, 0.05) is 5.56 Å². The van der Waals surface area contributed by atoms with Crippen LogP contribution in [0, 0.1) is 0 Å². The van der Waals surface area contributed by atoms with E-state index >= 15 is 0 Å². The summed E-state index contributed by atoms with van der Waals surface area (Å²) in [7, 11) is -3.45. The van der Waals surface area contributed by atoms with E-state index in [1.165, 1.54) is 0 Å². The lowest BCUT2D eigenvalue weighted by Gasteiger charge is -2.16. The molecule has 2 heterocycles. The Morgan fingerprint density at radius 3 is 2.40 bits per heavy atom. The standard InChI is InChI=1S/C15H13O4P/c1-2-6-11-9-12(10-7-4-3-5-8-10)14-15-13(11)17-20(16,18-14)19-15/h3-5,7-9H,2,6H2,1H3. The maximum absolute atomic E-state index is 12.2. The Morgan fingerprint density at radius 1 is 1.00 bits per heavy atom. The molecule has 2 bridgehead atoms. The molecule has 0 aromatic heterocycles. The maximum atomic E-state index is 12.2. The van der Waals surface area contributed by atoms with E-state index in [1.807, 2.05) is 36.4 Å². The summed E-state index contributed by atoms with van der Waals surface area (Å²) < 4.78 is 28.3. The highest BCUT2D eigenvalue weighted by molar-refractivity contribution is 7.50. The van der Waals surface area contributed by atoms with Gasteiger partial charge < -0.3 is 13.6 Å². The van der Waals surface area contributed by atoms with Crippen LogP contribution in [0.1, 0.15) is 18.9 Å². The van der Waals surface area contributed by atoms with E-state index < -0.39 is 7.82 Å². The van der Waals surface area contributed by atoms with Gasteiger partial charge in [-0.05, 0) is 23.6 Å². The van der Waals surface area contributed by atoms with Crippen molar-refractivity contribution in [3.8, 4) is 28.4 Å². The third-order valence-corrected chi connectivity index (χ3v) is 4.70. The minimum Gasteiger partial charge on any atom is -0.381 e. The minimum atomic E-state index is -3.45. The van der Waals surface area contributed by atoms with Gasteiger partial charge in [0.05, 0.1) is 0 Å². The normalized spacial score (nSPS) is 21.2. The van der Waals surface area contributed by atoms with Crippen LogP contribution in [0.15, 0.2) is 36.4 Å². The molecule has 0 fully saturated rings. The summed E-state index contributed by atoms with van der Waals surface area (Å²) >= 11 is 0. The summed E-state index contributed by atoms with van der Waals surface area (Å²) in [6.07, 6.45) is 1.83. The molecule has 0 spiro atoms. The molecule has 0 saturated heterocycles. The predicted molar refractivity (Wildman–Crippen MR) is 75.4 cm³/mol. The molecule has 0 radical (unpaired) electrons. The van der Waals surface area contributed by atoms with E-state index in [-0.39, 0.29) is 0 Å². The molecule has 1 atom stereocenters. The van der Waals surface area contributed by atoms with E-state index in [0.717, 1.165) is 29.5 Å². The van der Waals surface area contributed by atoms with Crippen LogP contribution in [0.3, 0.4) is 0 Å². The Kier molecular flexibility index (Phi) is 2.39. The van der Waals surface area contributed by atoms with Crippen molar-refractivity contribution in [2.75, 3.05) is 0 Å². The second-order valence-electron chi connectivity index (χ2n) is 4.91. The SMILES string of the molecule is CCCc1cc(-c2ccccc2)c2c3c1OP(=O)(O2)O3. The second-order valence-corrected chi connectivity index (χ2v) is 6.35. The fraction of sp³-hybridized carbons (Fsp3) is 0.200. The highest BCUT2D eigenvalue weighted by atomic mass is 31.2. The van der Waals surface area contributed by atoms with Crippen LogP contribution in [0.2, 0.25) is 0 Å². The summed E-state index contributed by atoms with van der Waals surface area (Å²) in [6.45, 7) is 2.10. The minimum absolute atomic E-state index is 0.498. The van der Waals surface area contributed by atoms with Gasteiger partial charge in [0.2, 0.25) is 5.75 Å². The molecular weight excluding hydrogens is 275 g/mol. The fourth-order valence-electron chi connectivity index (χ4n) is 2.63. The monoisotopic (exact) mass is 288 g/mol. The van der Waals surface area contributed by atoms with Crippen molar-refractivity contribution in [1.29, 1.82) is 0 Å². The van der Waals surface area contributed by atoms with Gasteiger partial charge in [0.15, 0.2) is 11.5 Å². The number of aryl methyl sites for hydroxylation is 1.